The maximum absolute atomic E-state index is 5.62. The zero-order chi connectivity index (χ0) is 13.1. The number of rotatable bonds is 5. The van der Waals surface area contributed by atoms with Gasteiger partial charge >= 0.3 is 0 Å². The van der Waals surface area contributed by atoms with E-state index in [4.69, 9.17) is 5.73 Å². The third-order valence-electron chi connectivity index (χ3n) is 2.88. The summed E-state index contributed by atoms with van der Waals surface area (Å²) in [4.78, 5) is 0. The minimum atomic E-state index is 0.266. The van der Waals surface area contributed by atoms with E-state index in [2.05, 4.69) is 32.9 Å². The van der Waals surface area contributed by atoms with Gasteiger partial charge in [0.05, 0.1) is 0 Å². The van der Waals surface area contributed by atoms with Crippen LogP contribution in [0.3, 0.4) is 0 Å². The van der Waals surface area contributed by atoms with Crippen molar-refractivity contribution in [1.82, 2.24) is 0 Å². The number of benzene rings is 1. The molecule has 1 heteroatoms. The lowest BCUT2D eigenvalue weighted by molar-refractivity contribution is 0.509. The van der Waals surface area contributed by atoms with Crippen molar-refractivity contribution >= 4 is 0 Å². The molecule has 0 fully saturated rings. The predicted octanol–water partition coefficient (Wildman–Crippen LogP) is 4.41. The van der Waals surface area contributed by atoms with Gasteiger partial charge < -0.3 is 5.73 Å². The Balaban J connectivity index is 0.000000325. The molecule has 0 radical (unpaired) electrons. The second-order valence-electron chi connectivity index (χ2n) is 4.97. The van der Waals surface area contributed by atoms with Gasteiger partial charge in [0.2, 0.25) is 0 Å². The summed E-state index contributed by atoms with van der Waals surface area (Å²) in [5, 5.41) is 0. The molecule has 0 saturated heterocycles. The summed E-state index contributed by atoms with van der Waals surface area (Å²) in [5.74, 6) is 0.949. The molecule has 1 aromatic carbocycles. The molecule has 0 aromatic heterocycles. The van der Waals surface area contributed by atoms with Crippen LogP contribution >= 0.6 is 0 Å². The molecular weight excluding hydrogens is 206 g/mol. The monoisotopic (exact) mass is 235 g/mol. The molecule has 0 spiro atoms. The quantitative estimate of drug-likeness (QED) is 0.804. The van der Waals surface area contributed by atoms with E-state index >= 15 is 0 Å². The average molecular weight is 235 g/mol. The van der Waals surface area contributed by atoms with Gasteiger partial charge in [0.25, 0.3) is 0 Å². The third kappa shape index (κ3) is 10.1. The Bertz CT molecular complexity index is 253. The van der Waals surface area contributed by atoms with Crippen LogP contribution in [0.5, 0.6) is 0 Å². The molecule has 0 amide bonds. The number of hydrogen-bond acceptors (Lipinski definition) is 1. The number of nitrogens with two attached hydrogens (primary N) is 1. The Morgan fingerprint density at radius 3 is 2.00 bits per heavy atom. The van der Waals surface area contributed by atoms with E-state index in [1.807, 2.05) is 25.1 Å². The van der Waals surface area contributed by atoms with Gasteiger partial charge in [-0.1, -0.05) is 70.4 Å². The van der Waals surface area contributed by atoms with Gasteiger partial charge in [-0.3, -0.25) is 0 Å². The minimum absolute atomic E-state index is 0.266. The SMILES string of the molecule is CC(N)Cc1ccccc1.CCCC(C)CC. The lowest BCUT2D eigenvalue weighted by atomic mass is 10.0. The van der Waals surface area contributed by atoms with Crippen molar-refractivity contribution in [3.05, 3.63) is 35.9 Å². The fourth-order valence-corrected chi connectivity index (χ4v) is 1.68. The van der Waals surface area contributed by atoms with Gasteiger partial charge in [0.15, 0.2) is 0 Å². The summed E-state index contributed by atoms with van der Waals surface area (Å²) in [6.45, 7) is 8.82. The van der Waals surface area contributed by atoms with Gasteiger partial charge in [0.1, 0.15) is 0 Å². The highest BCUT2D eigenvalue weighted by Crippen LogP contribution is 2.07. The predicted molar refractivity (Wildman–Crippen MR) is 78.2 cm³/mol. The highest BCUT2D eigenvalue weighted by atomic mass is 14.6. The summed E-state index contributed by atoms with van der Waals surface area (Å²) in [6.07, 6.45) is 5.06. The maximum atomic E-state index is 5.62. The molecule has 2 N–H and O–H groups in total. The van der Waals surface area contributed by atoms with Crippen LogP contribution in [0, 0.1) is 5.92 Å². The smallest absolute Gasteiger partial charge is 0.00509 e. The minimum Gasteiger partial charge on any atom is -0.328 e. The van der Waals surface area contributed by atoms with E-state index in [1.165, 1.54) is 24.8 Å². The largest absolute Gasteiger partial charge is 0.328 e. The zero-order valence-corrected chi connectivity index (χ0v) is 11.9. The molecule has 1 rings (SSSR count). The molecule has 0 saturated carbocycles. The molecule has 0 bridgehead atoms. The van der Waals surface area contributed by atoms with Crippen LogP contribution in [-0.2, 0) is 6.42 Å². The van der Waals surface area contributed by atoms with Gasteiger partial charge in [-0.05, 0) is 24.8 Å². The van der Waals surface area contributed by atoms with Crippen LogP contribution in [0.4, 0.5) is 0 Å². The van der Waals surface area contributed by atoms with Crippen molar-refractivity contribution in [2.45, 2.75) is 59.4 Å². The van der Waals surface area contributed by atoms with Crippen molar-refractivity contribution in [1.29, 1.82) is 0 Å². The van der Waals surface area contributed by atoms with Gasteiger partial charge in [-0.25, -0.2) is 0 Å². The highest BCUT2D eigenvalue weighted by Gasteiger charge is 1.94. The lowest BCUT2D eigenvalue weighted by Gasteiger charge is -2.02. The topological polar surface area (TPSA) is 26.0 Å². The summed E-state index contributed by atoms with van der Waals surface area (Å²) in [5.41, 5.74) is 6.94. The first-order valence-corrected chi connectivity index (χ1v) is 6.89. The fourth-order valence-electron chi connectivity index (χ4n) is 1.68. The molecule has 1 aromatic rings. The first-order valence-electron chi connectivity index (χ1n) is 6.89. The Kier molecular flexibility index (Phi) is 9.84. The fraction of sp³-hybridized carbons (Fsp3) is 0.625. The molecule has 2 unspecified atom stereocenters. The number of hydrogen-bond donors (Lipinski definition) is 1. The van der Waals surface area contributed by atoms with E-state index < -0.39 is 0 Å². The molecule has 0 aliphatic carbocycles. The van der Waals surface area contributed by atoms with Crippen LogP contribution in [-0.4, -0.2) is 6.04 Å². The molecule has 98 valence electrons. The molecule has 1 nitrogen and oxygen atoms in total. The van der Waals surface area contributed by atoms with Crippen molar-refractivity contribution in [2.75, 3.05) is 0 Å². The van der Waals surface area contributed by atoms with Gasteiger partial charge in [-0.2, -0.15) is 0 Å². The van der Waals surface area contributed by atoms with Crippen LogP contribution in [0.1, 0.15) is 52.5 Å². The molecule has 0 aliphatic rings. The standard InChI is InChI=1S/C9H13N.C7H16/c1-8(10)7-9-5-3-2-4-6-9;1-4-6-7(3)5-2/h2-6,8H,7,10H2,1H3;7H,4-6H2,1-3H3. The van der Waals surface area contributed by atoms with Crippen LogP contribution in [0.25, 0.3) is 0 Å². The lowest BCUT2D eigenvalue weighted by Crippen LogP contribution is -2.17. The molecule has 17 heavy (non-hydrogen) atoms. The molecule has 2 atom stereocenters. The van der Waals surface area contributed by atoms with E-state index in [0.29, 0.717) is 0 Å². The Morgan fingerprint density at radius 1 is 1.06 bits per heavy atom. The van der Waals surface area contributed by atoms with Crippen molar-refractivity contribution in [3.63, 3.8) is 0 Å². The summed E-state index contributed by atoms with van der Waals surface area (Å²) < 4.78 is 0. The van der Waals surface area contributed by atoms with Crippen LogP contribution in [0.15, 0.2) is 30.3 Å². The van der Waals surface area contributed by atoms with Gasteiger partial charge in [0, 0.05) is 6.04 Å². The van der Waals surface area contributed by atoms with Crippen molar-refractivity contribution < 1.29 is 0 Å². The second-order valence-corrected chi connectivity index (χ2v) is 4.97. The molecular formula is C16H29N. The van der Waals surface area contributed by atoms with E-state index in [9.17, 15) is 0 Å². The first kappa shape index (κ1) is 16.2. The van der Waals surface area contributed by atoms with Crippen LogP contribution < -0.4 is 5.73 Å². The van der Waals surface area contributed by atoms with E-state index in [-0.39, 0.29) is 6.04 Å². The van der Waals surface area contributed by atoms with Crippen molar-refractivity contribution in [3.8, 4) is 0 Å². The summed E-state index contributed by atoms with van der Waals surface area (Å²) >= 11 is 0. The first-order chi connectivity index (χ1) is 8.10. The second kappa shape index (κ2) is 10.3. The Labute approximate surface area is 107 Å². The van der Waals surface area contributed by atoms with E-state index in [1.54, 1.807) is 0 Å². The molecule has 0 aliphatic heterocycles. The maximum Gasteiger partial charge on any atom is 0.00509 e. The Morgan fingerprint density at radius 2 is 1.65 bits per heavy atom. The average Bonchev–Trinajstić information content (AvgIpc) is 2.30. The highest BCUT2D eigenvalue weighted by molar-refractivity contribution is 5.15. The molecule has 0 heterocycles. The van der Waals surface area contributed by atoms with Gasteiger partial charge in [-0.15, -0.1) is 0 Å². The van der Waals surface area contributed by atoms with E-state index in [0.717, 1.165) is 12.3 Å². The zero-order valence-electron chi connectivity index (χ0n) is 11.9. The summed E-state index contributed by atoms with van der Waals surface area (Å²) in [6, 6.07) is 10.6. The van der Waals surface area contributed by atoms with Crippen molar-refractivity contribution in [2.24, 2.45) is 11.7 Å². The summed E-state index contributed by atoms with van der Waals surface area (Å²) in [7, 11) is 0. The third-order valence-corrected chi connectivity index (χ3v) is 2.88. The normalized spacial score (nSPS) is 13.5. The Hall–Kier alpha value is -0.820. The van der Waals surface area contributed by atoms with Crippen LogP contribution in [0.2, 0.25) is 0 Å².